The summed E-state index contributed by atoms with van der Waals surface area (Å²) in [7, 11) is 0. The molecule has 1 aromatic rings. The van der Waals surface area contributed by atoms with Gasteiger partial charge in [0.15, 0.2) is 0 Å². The van der Waals surface area contributed by atoms with Crippen LogP contribution >= 0.6 is 0 Å². The van der Waals surface area contributed by atoms with Gasteiger partial charge in [0.05, 0.1) is 0 Å². The van der Waals surface area contributed by atoms with Crippen molar-refractivity contribution >= 4 is 0 Å². The third-order valence-corrected chi connectivity index (χ3v) is 3.52. The molecule has 2 nitrogen and oxygen atoms in total. The fourth-order valence-electron chi connectivity index (χ4n) is 2.42. The Labute approximate surface area is 91.6 Å². The van der Waals surface area contributed by atoms with Crippen LogP contribution in [0, 0.1) is 11.3 Å². The average molecular weight is 233 g/mol. The molecule has 0 aromatic carbocycles. The first-order chi connectivity index (χ1) is 7.28. The molecule has 0 radical (unpaired) electrons. The number of halogens is 3. The molecule has 1 fully saturated rings. The summed E-state index contributed by atoms with van der Waals surface area (Å²) in [5.41, 5.74) is 5.51. The molecule has 2 atom stereocenters. The van der Waals surface area contributed by atoms with Crippen molar-refractivity contribution < 1.29 is 17.6 Å². The van der Waals surface area contributed by atoms with E-state index in [-0.39, 0.29) is 17.3 Å². The number of hydrogen-bond donors (Lipinski definition) is 1. The Balaban J connectivity index is 2.22. The maximum Gasteiger partial charge on any atom is 0.449 e. The van der Waals surface area contributed by atoms with Crippen LogP contribution in [0.2, 0.25) is 0 Å². The Morgan fingerprint density at radius 3 is 2.38 bits per heavy atom. The predicted octanol–water partition coefficient (Wildman–Crippen LogP) is 3.00. The first-order valence-electron chi connectivity index (χ1n) is 5.15. The maximum atomic E-state index is 12.3. The number of hydrogen-bond acceptors (Lipinski definition) is 2. The van der Waals surface area contributed by atoms with Gasteiger partial charge in [-0.25, -0.2) is 0 Å². The fraction of sp³-hybridized carbons (Fsp3) is 0.636. The summed E-state index contributed by atoms with van der Waals surface area (Å²) >= 11 is 0. The first kappa shape index (κ1) is 11.5. The van der Waals surface area contributed by atoms with Gasteiger partial charge in [-0.2, -0.15) is 13.2 Å². The Morgan fingerprint density at radius 1 is 1.38 bits per heavy atom. The largest absolute Gasteiger partial charge is 0.456 e. The van der Waals surface area contributed by atoms with Gasteiger partial charge in [0.2, 0.25) is 5.76 Å². The third-order valence-electron chi connectivity index (χ3n) is 3.52. The SMILES string of the molecule is CC1(C)C(CN)C1c1ccc(C(F)(F)F)o1. The van der Waals surface area contributed by atoms with Crippen molar-refractivity contribution in [3.05, 3.63) is 23.7 Å². The molecule has 0 saturated heterocycles. The number of furan rings is 1. The molecule has 16 heavy (non-hydrogen) atoms. The third kappa shape index (κ3) is 1.63. The van der Waals surface area contributed by atoms with Crippen LogP contribution in [-0.4, -0.2) is 6.54 Å². The molecular weight excluding hydrogens is 219 g/mol. The van der Waals surface area contributed by atoms with Gasteiger partial charge in [0, 0.05) is 5.92 Å². The lowest BCUT2D eigenvalue weighted by molar-refractivity contribution is -0.153. The van der Waals surface area contributed by atoms with E-state index in [0.717, 1.165) is 6.07 Å². The highest BCUT2D eigenvalue weighted by Crippen LogP contribution is 2.64. The second-order valence-corrected chi connectivity index (χ2v) is 4.84. The van der Waals surface area contributed by atoms with Gasteiger partial charge in [0.1, 0.15) is 5.76 Å². The van der Waals surface area contributed by atoms with Gasteiger partial charge in [-0.3, -0.25) is 0 Å². The quantitative estimate of drug-likeness (QED) is 0.852. The van der Waals surface area contributed by atoms with E-state index in [1.807, 2.05) is 13.8 Å². The Morgan fingerprint density at radius 2 is 2.00 bits per heavy atom. The highest BCUT2D eigenvalue weighted by Gasteiger charge is 2.59. The topological polar surface area (TPSA) is 39.2 Å². The summed E-state index contributed by atoms with van der Waals surface area (Å²) in [5, 5.41) is 0. The smallest absolute Gasteiger partial charge is 0.449 e. The van der Waals surface area contributed by atoms with Crippen LogP contribution in [0.3, 0.4) is 0 Å². The van der Waals surface area contributed by atoms with Gasteiger partial charge in [-0.1, -0.05) is 13.8 Å². The van der Waals surface area contributed by atoms with Crippen molar-refractivity contribution in [3.63, 3.8) is 0 Å². The van der Waals surface area contributed by atoms with Crippen molar-refractivity contribution in [2.45, 2.75) is 25.9 Å². The molecule has 1 aliphatic carbocycles. The monoisotopic (exact) mass is 233 g/mol. The van der Waals surface area contributed by atoms with E-state index in [1.165, 1.54) is 6.07 Å². The molecule has 1 saturated carbocycles. The van der Waals surface area contributed by atoms with E-state index in [0.29, 0.717) is 12.3 Å². The van der Waals surface area contributed by atoms with E-state index in [4.69, 9.17) is 10.2 Å². The molecular formula is C11H14F3NO. The zero-order chi connectivity index (χ0) is 12.1. The molecule has 0 aliphatic heterocycles. The van der Waals surface area contributed by atoms with Crippen LogP contribution in [0.1, 0.15) is 31.3 Å². The van der Waals surface area contributed by atoms with Gasteiger partial charge in [-0.05, 0) is 30.0 Å². The van der Waals surface area contributed by atoms with Crippen LogP contribution in [0.15, 0.2) is 16.5 Å². The molecule has 1 heterocycles. The molecule has 2 unspecified atom stereocenters. The molecule has 90 valence electrons. The van der Waals surface area contributed by atoms with Crippen LogP contribution in [0.25, 0.3) is 0 Å². The molecule has 5 heteroatoms. The second kappa shape index (κ2) is 3.26. The molecule has 1 aromatic heterocycles. The van der Waals surface area contributed by atoms with E-state index < -0.39 is 11.9 Å². The molecule has 0 spiro atoms. The van der Waals surface area contributed by atoms with Crippen molar-refractivity contribution in [1.29, 1.82) is 0 Å². The van der Waals surface area contributed by atoms with Gasteiger partial charge >= 0.3 is 6.18 Å². The Kier molecular flexibility index (Phi) is 2.35. The van der Waals surface area contributed by atoms with E-state index >= 15 is 0 Å². The lowest BCUT2D eigenvalue weighted by Gasteiger charge is -2.02. The van der Waals surface area contributed by atoms with Gasteiger partial charge < -0.3 is 10.2 Å². The average Bonchev–Trinajstić information content (AvgIpc) is 2.57. The summed E-state index contributed by atoms with van der Waals surface area (Å²) < 4.78 is 41.9. The molecule has 0 bridgehead atoms. The maximum absolute atomic E-state index is 12.3. The van der Waals surface area contributed by atoms with Crippen molar-refractivity contribution in [2.24, 2.45) is 17.1 Å². The minimum Gasteiger partial charge on any atom is -0.456 e. The van der Waals surface area contributed by atoms with Crippen molar-refractivity contribution in [1.82, 2.24) is 0 Å². The normalized spacial score (nSPS) is 28.1. The first-order valence-corrected chi connectivity index (χ1v) is 5.15. The molecule has 1 aliphatic rings. The minimum atomic E-state index is -4.41. The fourth-order valence-corrected chi connectivity index (χ4v) is 2.42. The van der Waals surface area contributed by atoms with Crippen LogP contribution in [0.4, 0.5) is 13.2 Å². The zero-order valence-electron chi connectivity index (χ0n) is 9.14. The second-order valence-electron chi connectivity index (χ2n) is 4.84. The number of rotatable bonds is 2. The van der Waals surface area contributed by atoms with Crippen molar-refractivity contribution in [2.75, 3.05) is 6.54 Å². The molecule has 2 N–H and O–H groups in total. The predicted molar refractivity (Wildman–Crippen MR) is 52.8 cm³/mol. The standard InChI is InChI=1S/C11H14F3NO/c1-10(2)6(5-15)9(10)7-3-4-8(16-7)11(12,13)14/h3-4,6,9H,5,15H2,1-2H3. The van der Waals surface area contributed by atoms with Gasteiger partial charge in [-0.15, -0.1) is 0 Å². The lowest BCUT2D eigenvalue weighted by Crippen LogP contribution is -2.05. The number of alkyl halides is 3. The lowest BCUT2D eigenvalue weighted by atomic mass is 10.1. The van der Waals surface area contributed by atoms with Crippen molar-refractivity contribution in [3.8, 4) is 0 Å². The van der Waals surface area contributed by atoms with Gasteiger partial charge in [0.25, 0.3) is 0 Å². The highest BCUT2D eigenvalue weighted by molar-refractivity contribution is 5.26. The zero-order valence-corrected chi connectivity index (χ0v) is 9.14. The van der Waals surface area contributed by atoms with Crippen LogP contribution in [0.5, 0.6) is 0 Å². The van der Waals surface area contributed by atoms with Crippen LogP contribution in [-0.2, 0) is 6.18 Å². The van der Waals surface area contributed by atoms with E-state index in [2.05, 4.69) is 0 Å². The number of nitrogens with two attached hydrogens (primary N) is 1. The molecule has 0 amide bonds. The summed E-state index contributed by atoms with van der Waals surface area (Å²) in [6.45, 7) is 4.45. The summed E-state index contributed by atoms with van der Waals surface area (Å²) in [6, 6.07) is 2.39. The highest BCUT2D eigenvalue weighted by atomic mass is 19.4. The Hall–Kier alpha value is -0.970. The summed E-state index contributed by atoms with van der Waals surface area (Å²) in [5.74, 6) is -0.318. The molecule has 2 rings (SSSR count). The Bertz CT molecular complexity index is 394. The summed E-state index contributed by atoms with van der Waals surface area (Å²) in [4.78, 5) is 0. The van der Waals surface area contributed by atoms with Crippen LogP contribution < -0.4 is 5.73 Å². The van der Waals surface area contributed by atoms with E-state index in [1.54, 1.807) is 0 Å². The minimum absolute atomic E-state index is 0.00796. The van der Waals surface area contributed by atoms with E-state index in [9.17, 15) is 13.2 Å². The summed E-state index contributed by atoms with van der Waals surface area (Å²) in [6.07, 6.45) is -4.41.